The predicted molar refractivity (Wildman–Crippen MR) is 64.8 cm³/mol. The highest BCUT2D eigenvalue weighted by molar-refractivity contribution is 4.82. The van der Waals surface area contributed by atoms with Gasteiger partial charge in [0.1, 0.15) is 0 Å². The van der Waals surface area contributed by atoms with Gasteiger partial charge in [0.15, 0.2) is 0 Å². The van der Waals surface area contributed by atoms with Gasteiger partial charge in [-0.05, 0) is 32.6 Å². The van der Waals surface area contributed by atoms with Crippen molar-refractivity contribution >= 4 is 0 Å². The number of hydrogen-bond donors (Lipinski definition) is 1. The van der Waals surface area contributed by atoms with Crippen LogP contribution in [0.3, 0.4) is 0 Å². The fourth-order valence-corrected chi connectivity index (χ4v) is 2.37. The average molecular weight is 211 g/mol. The Morgan fingerprint density at radius 3 is 2.87 bits per heavy atom. The highest BCUT2D eigenvalue weighted by atomic mass is 16.5. The van der Waals surface area contributed by atoms with Crippen LogP contribution >= 0.6 is 0 Å². The molecule has 1 rings (SSSR count). The topological polar surface area (TPSA) is 35.2 Å². The van der Waals surface area contributed by atoms with Crippen LogP contribution in [0.2, 0.25) is 0 Å². The van der Waals surface area contributed by atoms with Crippen molar-refractivity contribution in [2.45, 2.75) is 57.6 Å². The second kappa shape index (κ2) is 7.02. The van der Waals surface area contributed by atoms with E-state index in [2.05, 4.69) is 13.5 Å². The monoisotopic (exact) mass is 211 g/mol. The maximum absolute atomic E-state index is 6.18. The molecule has 0 amide bonds. The Hall–Kier alpha value is -0.340. The summed E-state index contributed by atoms with van der Waals surface area (Å²) >= 11 is 0. The van der Waals surface area contributed by atoms with E-state index in [0.29, 0.717) is 18.1 Å². The summed E-state index contributed by atoms with van der Waals surface area (Å²) in [4.78, 5) is 0. The zero-order valence-electron chi connectivity index (χ0n) is 9.95. The third kappa shape index (κ3) is 4.35. The van der Waals surface area contributed by atoms with Gasteiger partial charge < -0.3 is 10.5 Å². The van der Waals surface area contributed by atoms with Gasteiger partial charge in [-0.3, -0.25) is 0 Å². The maximum atomic E-state index is 6.18. The van der Waals surface area contributed by atoms with E-state index >= 15 is 0 Å². The molecule has 2 N–H and O–H groups in total. The molecule has 0 aromatic rings. The maximum Gasteiger partial charge on any atom is 0.0590 e. The van der Waals surface area contributed by atoms with E-state index in [9.17, 15) is 0 Å². The van der Waals surface area contributed by atoms with Gasteiger partial charge in [0.05, 0.1) is 6.10 Å². The summed E-state index contributed by atoms with van der Waals surface area (Å²) in [6.45, 7) is 6.77. The van der Waals surface area contributed by atoms with E-state index < -0.39 is 0 Å². The van der Waals surface area contributed by atoms with Gasteiger partial charge in [0, 0.05) is 18.6 Å². The van der Waals surface area contributed by atoms with Crippen molar-refractivity contribution in [3.05, 3.63) is 12.7 Å². The molecule has 0 aromatic carbocycles. The standard InChI is InChI=1S/C13H25NO/c1-3-4-5-6-7-8-13(14)12-9-10-15-11(12)2/h3,11-13H,1,4-10,14H2,2H3. The molecule has 1 aliphatic heterocycles. The van der Waals surface area contributed by atoms with Gasteiger partial charge >= 0.3 is 0 Å². The van der Waals surface area contributed by atoms with E-state index in [1.807, 2.05) is 6.08 Å². The molecular weight excluding hydrogens is 186 g/mol. The Labute approximate surface area is 93.9 Å². The minimum atomic E-state index is 0.339. The number of rotatable bonds is 7. The van der Waals surface area contributed by atoms with Crippen LogP contribution in [0, 0.1) is 5.92 Å². The lowest BCUT2D eigenvalue weighted by Crippen LogP contribution is -2.34. The lowest BCUT2D eigenvalue weighted by Gasteiger charge is -2.21. The van der Waals surface area contributed by atoms with Crippen molar-refractivity contribution < 1.29 is 4.74 Å². The molecule has 0 aliphatic carbocycles. The zero-order valence-corrected chi connectivity index (χ0v) is 9.95. The van der Waals surface area contributed by atoms with Crippen molar-refractivity contribution in [2.24, 2.45) is 11.7 Å². The molecule has 0 radical (unpaired) electrons. The van der Waals surface area contributed by atoms with Crippen LogP contribution in [0.15, 0.2) is 12.7 Å². The molecule has 15 heavy (non-hydrogen) atoms. The Morgan fingerprint density at radius 1 is 1.47 bits per heavy atom. The summed E-state index contributed by atoms with van der Waals surface area (Å²) in [5.74, 6) is 0.587. The van der Waals surface area contributed by atoms with Crippen LogP contribution in [-0.2, 0) is 4.74 Å². The van der Waals surface area contributed by atoms with Gasteiger partial charge in [-0.1, -0.05) is 18.9 Å². The number of hydrogen-bond acceptors (Lipinski definition) is 2. The first-order valence-corrected chi connectivity index (χ1v) is 6.23. The Kier molecular flexibility index (Phi) is 5.96. The van der Waals surface area contributed by atoms with Gasteiger partial charge in [-0.15, -0.1) is 6.58 Å². The second-order valence-electron chi connectivity index (χ2n) is 4.62. The molecule has 1 aliphatic rings. The Morgan fingerprint density at radius 2 is 2.27 bits per heavy atom. The summed E-state index contributed by atoms with van der Waals surface area (Å²) in [7, 11) is 0. The quantitative estimate of drug-likeness (QED) is 0.519. The third-order valence-corrected chi connectivity index (χ3v) is 3.43. The second-order valence-corrected chi connectivity index (χ2v) is 4.62. The Bertz CT molecular complexity index is 181. The first kappa shape index (κ1) is 12.7. The lowest BCUT2D eigenvalue weighted by molar-refractivity contribution is 0.0984. The smallest absolute Gasteiger partial charge is 0.0590 e. The molecule has 0 spiro atoms. The minimum absolute atomic E-state index is 0.339. The first-order chi connectivity index (χ1) is 7.25. The molecule has 0 bridgehead atoms. The molecule has 0 saturated carbocycles. The molecule has 88 valence electrons. The third-order valence-electron chi connectivity index (χ3n) is 3.43. The van der Waals surface area contributed by atoms with Crippen LogP contribution in [0.1, 0.15) is 45.4 Å². The molecule has 3 unspecified atom stereocenters. The number of ether oxygens (including phenoxy) is 1. The highest BCUT2D eigenvalue weighted by Gasteiger charge is 2.28. The highest BCUT2D eigenvalue weighted by Crippen LogP contribution is 2.25. The van der Waals surface area contributed by atoms with Crippen molar-refractivity contribution in [2.75, 3.05) is 6.61 Å². The fraction of sp³-hybridized carbons (Fsp3) is 0.846. The van der Waals surface area contributed by atoms with Gasteiger partial charge in [-0.2, -0.15) is 0 Å². The van der Waals surface area contributed by atoms with Crippen molar-refractivity contribution in [3.63, 3.8) is 0 Å². The summed E-state index contributed by atoms with van der Waals surface area (Å²) < 4.78 is 5.54. The molecule has 2 nitrogen and oxygen atoms in total. The molecule has 1 saturated heterocycles. The summed E-state index contributed by atoms with van der Waals surface area (Å²) in [6.07, 6.45) is 9.58. The minimum Gasteiger partial charge on any atom is -0.378 e. The average Bonchev–Trinajstić information content (AvgIpc) is 2.64. The lowest BCUT2D eigenvalue weighted by atomic mass is 9.90. The van der Waals surface area contributed by atoms with E-state index in [1.54, 1.807) is 0 Å². The Balaban J connectivity index is 2.07. The van der Waals surface area contributed by atoms with Crippen LogP contribution in [-0.4, -0.2) is 18.8 Å². The number of allylic oxidation sites excluding steroid dienone is 1. The molecule has 3 atom stereocenters. The SMILES string of the molecule is C=CCCCCCC(N)C1CCOC1C. The van der Waals surface area contributed by atoms with E-state index in [4.69, 9.17) is 10.5 Å². The fourth-order valence-electron chi connectivity index (χ4n) is 2.37. The van der Waals surface area contributed by atoms with Crippen LogP contribution in [0.5, 0.6) is 0 Å². The predicted octanol–water partition coefficient (Wildman–Crippen LogP) is 2.88. The molecule has 1 fully saturated rings. The van der Waals surface area contributed by atoms with Crippen LogP contribution in [0.25, 0.3) is 0 Å². The molecule has 0 aromatic heterocycles. The van der Waals surface area contributed by atoms with Crippen molar-refractivity contribution in [1.29, 1.82) is 0 Å². The molecular formula is C13H25NO. The number of unbranched alkanes of at least 4 members (excludes halogenated alkanes) is 3. The summed E-state index contributed by atoms with van der Waals surface area (Å²) in [5, 5.41) is 0. The zero-order chi connectivity index (χ0) is 11.1. The number of nitrogens with two attached hydrogens (primary N) is 1. The van der Waals surface area contributed by atoms with E-state index in [-0.39, 0.29) is 0 Å². The van der Waals surface area contributed by atoms with Crippen molar-refractivity contribution in [1.82, 2.24) is 0 Å². The van der Waals surface area contributed by atoms with E-state index in [1.165, 1.54) is 19.3 Å². The summed E-state index contributed by atoms with van der Waals surface area (Å²) in [6, 6.07) is 0.339. The van der Waals surface area contributed by atoms with Crippen molar-refractivity contribution in [3.8, 4) is 0 Å². The van der Waals surface area contributed by atoms with Crippen LogP contribution in [0.4, 0.5) is 0 Å². The summed E-state index contributed by atoms with van der Waals surface area (Å²) in [5.41, 5.74) is 6.18. The molecule has 1 heterocycles. The van der Waals surface area contributed by atoms with Gasteiger partial charge in [-0.25, -0.2) is 0 Å². The molecule has 2 heteroatoms. The van der Waals surface area contributed by atoms with Gasteiger partial charge in [0.25, 0.3) is 0 Å². The van der Waals surface area contributed by atoms with Gasteiger partial charge in [0.2, 0.25) is 0 Å². The first-order valence-electron chi connectivity index (χ1n) is 6.23. The van der Waals surface area contributed by atoms with Crippen LogP contribution < -0.4 is 5.73 Å². The largest absolute Gasteiger partial charge is 0.378 e. The van der Waals surface area contributed by atoms with E-state index in [0.717, 1.165) is 25.9 Å². The normalized spacial score (nSPS) is 27.9.